The van der Waals surface area contributed by atoms with Gasteiger partial charge < -0.3 is 9.80 Å². The SMILES string of the molecule is CCC(C(=O)N(C)Cc1ccc(N(C)C)cc1)c1ccccc1. The van der Waals surface area contributed by atoms with Crippen LogP contribution in [0.15, 0.2) is 54.6 Å². The smallest absolute Gasteiger partial charge is 0.230 e. The Hall–Kier alpha value is -2.29. The fourth-order valence-corrected chi connectivity index (χ4v) is 2.76. The zero-order chi connectivity index (χ0) is 16.8. The molecule has 0 saturated carbocycles. The van der Waals surface area contributed by atoms with Crippen molar-refractivity contribution in [2.75, 3.05) is 26.0 Å². The predicted molar refractivity (Wildman–Crippen MR) is 96.7 cm³/mol. The second-order valence-electron chi connectivity index (χ2n) is 6.13. The Morgan fingerprint density at radius 3 is 2.09 bits per heavy atom. The van der Waals surface area contributed by atoms with Crippen molar-refractivity contribution in [3.8, 4) is 0 Å². The van der Waals surface area contributed by atoms with Crippen molar-refractivity contribution < 1.29 is 4.79 Å². The highest BCUT2D eigenvalue weighted by Crippen LogP contribution is 2.22. The zero-order valence-corrected chi connectivity index (χ0v) is 14.5. The van der Waals surface area contributed by atoms with Crippen molar-refractivity contribution in [1.29, 1.82) is 0 Å². The number of amides is 1. The van der Waals surface area contributed by atoms with Crippen LogP contribution in [0.5, 0.6) is 0 Å². The molecule has 0 heterocycles. The minimum Gasteiger partial charge on any atom is -0.378 e. The number of hydrogen-bond acceptors (Lipinski definition) is 2. The molecular weight excluding hydrogens is 284 g/mol. The lowest BCUT2D eigenvalue weighted by Crippen LogP contribution is -2.31. The molecule has 122 valence electrons. The largest absolute Gasteiger partial charge is 0.378 e. The van der Waals surface area contributed by atoms with Crippen molar-refractivity contribution in [1.82, 2.24) is 4.90 Å². The summed E-state index contributed by atoms with van der Waals surface area (Å²) in [5.74, 6) is 0.109. The van der Waals surface area contributed by atoms with E-state index in [9.17, 15) is 4.79 Å². The van der Waals surface area contributed by atoms with E-state index in [1.807, 2.05) is 56.4 Å². The molecule has 1 amide bonds. The summed E-state index contributed by atoms with van der Waals surface area (Å²) >= 11 is 0. The van der Waals surface area contributed by atoms with Gasteiger partial charge in [0.1, 0.15) is 0 Å². The van der Waals surface area contributed by atoms with Gasteiger partial charge in [-0.3, -0.25) is 4.79 Å². The minimum absolute atomic E-state index is 0.0674. The molecule has 23 heavy (non-hydrogen) atoms. The number of rotatable bonds is 6. The van der Waals surface area contributed by atoms with Gasteiger partial charge in [-0.05, 0) is 29.7 Å². The van der Waals surface area contributed by atoms with E-state index < -0.39 is 0 Å². The van der Waals surface area contributed by atoms with Gasteiger partial charge in [-0.15, -0.1) is 0 Å². The average molecular weight is 310 g/mol. The molecule has 0 spiro atoms. The Balaban J connectivity index is 2.06. The third kappa shape index (κ3) is 4.35. The molecule has 0 radical (unpaired) electrons. The highest BCUT2D eigenvalue weighted by molar-refractivity contribution is 5.83. The Labute approximate surface area is 139 Å². The zero-order valence-electron chi connectivity index (χ0n) is 14.5. The Bertz CT molecular complexity index is 620. The lowest BCUT2D eigenvalue weighted by Gasteiger charge is -2.24. The molecule has 3 heteroatoms. The molecule has 0 aromatic heterocycles. The molecule has 2 aromatic rings. The number of benzene rings is 2. The molecule has 1 unspecified atom stereocenters. The van der Waals surface area contributed by atoms with Crippen LogP contribution < -0.4 is 4.90 Å². The maximum Gasteiger partial charge on any atom is 0.230 e. The number of likely N-dealkylation sites (N-methyl/N-ethyl adjacent to an activating group) is 1. The number of hydrogen-bond donors (Lipinski definition) is 0. The lowest BCUT2D eigenvalue weighted by atomic mass is 9.95. The summed E-state index contributed by atoms with van der Waals surface area (Å²) in [6.45, 7) is 2.70. The highest BCUT2D eigenvalue weighted by Gasteiger charge is 2.22. The van der Waals surface area contributed by atoms with E-state index in [1.165, 1.54) is 5.69 Å². The Kier molecular flexibility index (Phi) is 5.80. The third-order valence-corrected chi connectivity index (χ3v) is 4.16. The molecule has 0 aliphatic carbocycles. The van der Waals surface area contributed by atoms with E-state index in [4.69, 9.17) is 0 Å². The molecule has 2 rings (SSSR count). The monoisotopic (exact) mass is 310 g/mol. The van der Waals surface area contributed by atoms with Crippen LogP contribution in [0, 0.1) is 0 Å². The van der Waals surface area contributed by atoms with E-state index in [2.05, 4.69) is 36.1 Å². The van der Waals surface area contributed by atoms with E-state index in [1.54, 1.807) is 0 Å². The molecule has 0 saturated heterocycles. The molecule has 0 aliphatic heterocycles. The highest BCUT2D eigenvalue weighted by atomic mass is 16.2. The molecule has 0 fully saturated rings. The summed E-state index contributed by atoms with van der Waals surface area (Å²) in [5.41, 5.74) is 3.41. The van der Waals surface area contributed by atoms with Crippen molar-refractivity contribution in [3.63, 3.8) is 0 Å². The summed E-state index contributed by atoms with van der Waals surface area (Å²) in [5, 5.41) is 0. The van der Waals surface area contributed by atoms with Gasteiger partial charge in [0.05, 0.1) is 5.92 Å². The average Bonchev–Trinajstić information content (AvgIpc) is 2.57. The van der Waals surface area contributed by atoms with Crippen LogP contribution in [0.1, 0.15) is 30.4 Å². The molecule has 1 atom stereocenters. The van der Waals surface area contributed by atoms with Gasteiger partial charge in [-0.25, -0.2) is 0 Å². The van der Waals surface area contributed by atoms with Gasteiger partial charge in [-0.1, -0.05) is 49.4 Å². The molecule has 0 aliphatic rings. The summed E-state index contributed by atoms with van der Waals surface area (Å²) in [6, 6.07) is 18.4. The molecule has 0 N–H and O–H groups in total. The predicted octanol–water partition coefficient (Wildman–Crippen LogP) is 3.90. The standard InChI is InChI=1S/C20H26N2O/c1-5-19(17-9-7-6-8-10-17)20(23)22(4)15-16-11-13-18(14-12-16)21(2)3/h6-14,19H,5,15H2,1-4H3. The fraction of sp³-hybridized carbons (Fsp3) is 0.350. The number of anilines is 1. The van der Waals surface area contributed by atoms with Crippen LogP contribution in [0.2, 0.25) is 0 Å². The van der Waals surface area contributed by atoms with E-state index >= 15 is 0 Å². The van der Waals surface area contributed by atoms with E-state index in [0.29, 0.717) is 6.54 Å². The lowest BCUT2D eigenvalue weighted by molar-refractivity contribution is -0.132. The molecule has 3 nitrogen and oxygen atoms in total. The van der Waals surface area contributed by atoms with Gasteiger partial charge in [0.15, 0.2) is 0 Å². The molecular formula is C20H26N2O. The Morgan fingerprint density at radius 1 is 0.957 bits per heavy atom. The van der Waals surface area contributed by atoms with Gasteiger partial charge in [0.2, 0.25) is 5.91 Å². The number of carbonyl (C=O) groups excluding carboxylic acids is 1. The summed E-state index contributed by atoms with van der Waals surface area (Å²) < 4.78 is 0. The fourth-order valence-electron chi connectivity index (χ4n) is 2.76. The van der Waals surface area contributed by atoms with Gasteiger partial charge in [-0.2, -0.15) is 0 Å². The van der Waals surface area contributed by atoms with Crippen molar-refractivity contribution in [3.05, 3.63) is 65.7 Å². The van der Waals surface area contributed by atoms with Crippen LogP contribution in [0.4, 0.5) is 5.69 Å². The van der Waals surface area contributed by atoms with Gasteiger partial charge >= 0.3 is 0 Å². The first-order chi connectivity index (χ1) is 11.0. The topological polar surface area (TPSA) is 23.6 Å². The van der Waals surface area contributed by atoms with E-state index in [-0.39, 0.29) is 11.8 Å². The van der Waals surface area contributed by atoms with Crippen LogP contribution in [-0.4, -0.2) is 32.0 Å². The van der Waals surface area contributed by atoms with Crippen molar-refractivity contribution in [2.24, 2.45) is 0 Å². The first-order valence-electron chi connectivity index (χ1n) is 8.09. The van der Waals surface area contributed by atoms with E-state index in [0.717, 1.165) is 17.5 Å². The maximum absolute atomic E-state index is 12.8. The van der Waals surface area contributed by atoms with Gasteiger partial charge in [0.25, 0.3) is 0 Å². The van der Waals surface area contributed by atoms with Crippen LogP contribution in [0.25, 0.3) is 0 Å². The molecule has 0 bridgehead atoms. The first kappa shape index (κ1) is 17.1. The maximum atomic E-state index is 12.8. The number of carbonyl (C=O) groups is 1. The number of nitrogens with zero attached hydrogens (tertiary/aromatic N) is 2. The first-order valence-corrected chi connectivity index (χ1v) is 8.09. The van der Waals surface area contributed by atoms with Crippen LogP contribution >= 0.6 is 0 Å². The van der Waals surface area contributed by atoms with Crippen molar-refractivity contribution >= 4 is 11.6 Å². The van der Waals surface area contributed by atoms with Crippen LogP contribution in [0.3, 0.4) is 0 Å². The molecule has 2 aromatic carbocycles. The summed E-state index contributed by atoms with van der Waals surface area (Å²) in [4.78, 5) is 16.7. The second-order valence-corrected chi connectivity index (χ2v) is 6.13. The van der Waals surface area contributed by atoms with Crippen molar-refractivity contribution in [2.45, 2.75) is 25.8 Å². The summed E-state index contributed by atoms with van der Waals surface area (Å²) in [6.07, 6.45) is 0.812. The minimum atomic E-state index is -0.0674. The third-order valence-electron chi connectivity index (χ3n) is 4.16. The summed E-state index contributed by atoms with van der Waals surface area (Å²) in [7, 11) is 5.93. The Morgan fingerprint density at radius 2 is 1.57 bits per heavy atom. The quantitative estimate of drug-likeness (QED) is 0.808. The van der Waals surface area contributed by atoms with Gasteiger partial charge in [0, 0.05) is 33.4 Å². The van der Waals surface area contributed by atoms with Crippen LogP contribution in [-0.2, 0) is 11.3 Å². The normalized spacial score (nSPS) is 11.8. The second kappa shape index (κ2) is 7.82.